The summed E-state index contributed by atoms with van der Waals surface area (Å²) in [4.78, 5) is 41.2. The lowest BCUT2D eigenvalue weighted by molar-refractivity contribution is -0.139. The third-order valence-corrected chi connectivity index (χ3v) is 5.90. The van der Waals surface area contributed by atoms with Gasteiger partial charge in [0.1, 0.15) is 12.1 Å². The molecule has 2 heterocycles. The number of likely N-dealkylation sites (tertiary alicyclic amines) is 1. The normalized spacial score (nSPS) is 25.3. The Labute approximate surface area is 164 Å². The molecular weight excluding hydrogens is 354 g/mol. The maximum Gasteiger partial charge on any atom is 0.325 e. The molecule has 0 aliphatic carbocycles. The average Bonchev–Trinajstić information content (AvgIpc) is 2.91. The standard InChI is InChI=1S/C22H25N3O3/c1-15-6-5-11-24(13-15)19(26)14-25-20(27)22(2,23-21(25)28)18-10-9-16-7-3-4-8-17(16)12-18/h3-4,7-10,12,15H,5-6,11,13-14H2,1-2H3,(H,23,28)/t15-,22-/m0/s1. The Hall–Kier alpha value is -2.89. The van der Waals surface area contributed by atoms with E-state index in [1.165, 1.54) is 0 Å². The second kappa shape index (κ2) is 6.93. The van der Waals surface area contributed by atoms with Gasteiger partial charge in [-0.25, -0.2) is 4.79 Å². The summed E-state index contributed by atoms with van der Waals surface area (Å²) in [5.41, 5.74) is -0.456. The van der Waals surface area contributed by atoms with Crippen molar-refractivity contribution in [1.29, 1.82) is 0 Å². The smallest absolute Gasteiger partial charge is 0.325 e. The van der Waals surface area contributed by atoms with Gasteiger partial charge in [-0.2, -0.15) is 0 Å². The fourth-order valence-corrected chi connectivity index (χ4v) is 4.19. The van der Waals surface area contributed by atoms with E-state index in [-0.39, 0.29) is 18.4 Å². The number of carbonyl (C=O) groups excluding carboxylic acids is 3. The highest BCUT2D eigenvalue weighted by Crippen LogP contribution is 2.31. The number of imide groups is 1. The highest BCUT2D eigenvalue weighted by molar-refractivity contribution is 6.09. The first-order chi connectivity index (χ1) is 13.4. The van der Waals surface area contributed by atoms with Crippen LogP contribution in [0, 0.1) is 5.92 Å². The molecule has 0 aromatic heterocycles. The zero-order valence-corrected chi connectivity index (χ0v) is 16.3. The molecule has 4 rings (SSSR count). The lowest BCUT2D eigenvalue weighted by atomic mass is 9.90. The van der Waals surface area contributed by atoms with Crippen molar-refractivity contribution in [2.45, 2.75) is 32.2 Å². The molecule has 6 nitrogen and oxygen atoms in total. The fourth-order valence-electron chi connectivity index (χ4n) is 4.19. The van der Waals surface area contributed by atoms with Gasteiger partial charge in [0.15, 0.2) is 0 Å². The first-order valence-corrected chi connectivity index (χ1v) is 9.79. The largest absolute Gasteiger partial charge is 0.341 e. The molecule has 146 valence electrons. The van der Waals surface area contributed by atoms with E-state index in [0.29, 0.717) is 24.6 Å². The number of hydrogen-bond donors (Lipinski definition) is 1. The molecule has 2 aromatic rings. The van der Waals surface area contributed by atoms with E-state index >= 15 is 0 Å². The molecule has 2 fully saturated rings. The Bertz CT molecular complexity index is 957. The van der Waals surface area contributed by atoms with Gasteiger partial charge in [-0.05, 0) is 48.1 Å². The van der Waals surface area contributed by atoms with E-state index < -0.39 is 11.6 Å². The number of fused-ring (bicyclic) bond motifs is 1. The molecule has 0 spiro atoms. The minimum Gasteiger partial charge on any atom is -0.341 e. The molecule has 2 aromatic carbocycles. The molecule has 2 saturated heterocycles. The van der Waals surface area contributed by atoms with Gasteiger partial charge in [-0.15, -0.1) is 0 Å². The number of rotatable bonds is 3. The predicted molar refractivity (Wildman–Crippen MR) is 107 cm³/mol. The molecule has 0 saturated carbocycles. The Kier molecular flexibility index (Phi) is 4.57. The van der Waals surface area contributed by atoms with Crippen molar-refractivity contribution in [3.8, 4) is 0 Å². The molecular formula is C22H25N3O3. The van der Waals surface area contributed by atoms with Crippen molar-refractivity contribution in [2.24, 2.45) is 5.92 Å². The third-order valence-electron chi connectivity index (χ3n) is 5.90. The van der Waals surface area contributed by atoms with E-state index in [1.807, 2.05) is 42.5 Å². The minimum absolute atomic E-state index is 0.169. The summed E-state index contributed by atoms with van der Waals surface area (Å²) in [5, 5.41) is 4.86. The summed E-state index contributed by atoms with van der Waals surface area (Å²) in [5.74, 6) is -0.104. The number of nitrogens with zero attached hydrogens (tertiary/aromatic N) is 2. The summed E-state index contributed by atoms with van der Waals surface area (Å²) in [6, 6.07) is 13.1. The highest BCUT2D eigenvalue weighted by atomic mass is 16.2. The molecule has 1 N–H and O–H groups in total. The van der Waals surface area contributed by atoms with Crippen molar-refractivity contribution < 1.29 is 14.4 Å². The van der Waals surface area contributed by atoms with Crippen molar-refractivity contribution >= 4 is 28.6 Å². The Morgan fingerprint density at radius 2 is 1.93 bits per heavy atom. The van der Waals surface area contributed by atoms with Gasteiger partial charge in [0, 0.05) is 13.1 Å². The lowest BCUT2D eigenvalue weighted by Gasteiger charge is -2.31. The second-order valence-corrected chi connectivity index (χ2v) is 8.10. The van der Waals surface area contributed by atoms with Crippen LogP contribution in [0.1, 0.15) is 32.3 Å². The van der Waals surface area contributed by atoms with Crippen LogP contribution in [-0.4, -0.2) is 47.3 Å². The quantitative estimate of drug-likeness (QED) is 0.834. The van der Waals surface area contributed by atoms with Gasteiger partial charge in [0.05, 0.1) is 0 Å². The molecule has 28 heavy (non-hydrogen) atoms. The van der Waals surface area contributed by atoms with E-state index in [9.17, 15) is 14.4 Å². The van der Waals surface area contributed by atoms with Crippen LogP contribution in [0.25, 0.3) is 10.8 Å². The molecule has 0 unspecified atom stereocenters. The van der Waals surface area contributed by atoms with Crippen molar-refractivity contribution in [3.63, 3.8) is 0 Å². The fraction of sp³-hybridized carbons (Fsp3) is 0.409. The van der Waals surface area contributed by atoms with Crippen LogP contribution in [0.3, 0.4) is 0 Å². The van der Waals surface area contributed by atoms with Gasteiger partial charge >= 0.3 is 6.03 Å². The van der Waals surface area contributed by atoms with Crippen LogP contribution in [0.4, 0.5) is 4.79 Å². The monoisotopic (exact) mass is 379 g/mol. The number of nitrogens with one attached hydrogen (secondary N) is 1. The summed E-state index contributed by atoms with van der Waals surface area (Å²) >= 11 is 0. The molecule has 4 amide bonds. The number of piperidine rings is 1. The Morgan fingerprint density at radius 1 is 1.18 bits per heavy atom. The summed E-state index contributed by atoms with van der Waals surface area (Å²) in [7, 11) is 0. The lowest BCUT2D eigenvalue weighted by Crippen LogP contribution is -2.47. The third kappa shape index (κ3) is 3.13. The topological polar surface area (TPSA) is 69.7 Å². The number of hydrogen-bond acceptors (Lipinski definition) is 3. The molecule has 2 atom stereocenters. The van der Waals surface area contributed by atoms with Crippen LogP contribution in [0.15, 0.2) is 42.5 Å². The number of urea groups is 1. The van der Waals surface area contributed by atoms with E-state index in [0.717, 1.165) is 28.5 Å². The van der Waals surface area contributed by atoms with Crippen LogP contribution in [0.5, 0.6) is 0 Å². The minimum atomic E-state index is -1.17. The average molecular weight is 379 g/mol. The van der Waals surface area contributed by atoms with Gasteiger partial charge in [-0.1, -0.05) is 43.3 Å². The summed E-state index contributed by atoms with van der Waals surface area (Å²) in [6.07, 6.45) is 2.06. The van der Waals surface area contributed by atoms with Gasteiger partial charge in [-0.3, -0.25) is 14.5 Å². The molecule has 6 heteroatoms. The molecule has 2 aliphatic rings. The van der Waals surface area contributed by atoms with Crippen LogP contribution >= 0.6 is 0 Å². The van der Waals surface area contributed by atoms with Gasteiger partial charge < -0.3 is 10.2 Å². The van der Waals surface area contributed by atoms with Crippen LogP contribution in [-0.2, 0) is 15.1 Å². The second-order valence-electron chi connectivity index (χ2n) is 8.10. The van der Waals surface area contributed by atoms with Crippen LogP contribution < -0.4 is 5.32 Å². The van der Waals surface area contributed by atoms with E-state index in [4.69, 9.17) is 0 Å². The van der Waals surface area contributed by atoms with Gasteiger partial charge in [0.25, 0.3) is 5.91 Å². The van der Waals surface area contributed by atoms with Crippen molar-refractivity contribution in [1.82, 2.24) is 15.1 Å². The van der Waals surface area contributed by atoms with E-state index in [1.54, 1.807) is 11.8 Å². The first-order valence-electron chi connectivity index (χ1n) is 9.79. The molecule has 2 aliphatic heterocycles. The summed E-state index contributed by atoms with van der Waals surface area (Å²) in [6.45, 7) is 4.98. The van der Waals surface area contributed by atoms with E-state index in [2.05, 4.69) is 12.2 Å². The maximum absolute atomic E-state index is 13.1. The highest BCUT2D eigenvalue weighted by Gasteiger charge is 2.49. The van der Waals surface area contributed by atoms with Crippen molar-refractivity contribution in [3.05, 3.63) is 48.0 Å². The molecule has 0 radical (unpaired) electrons. The number of amides is 4. The summed E-state index contributed by atoms with van der Waals surface area (Å²) < 4.78 is 0. The zero-order chi connectivity index (χ0) is 19.9. The maximum atomic E-state index is 13.1. The van der Waals surface area contributed by atoms with Crippen LogP contribution in [0.2, 0.25) is 0 Å². The Balaban J connectivity index is 1.56. The molecule has 0 bridgehead atoms. The number of carbonyl (C=O) groups is 3. The predicted octanol–water partition coefficient (Wildman–Crippen LogP) is 2.87. The zero-order valence-electron chi connectivity index (χ0n) is 16.3. The van der Waals surface area contributed by atoms with Crippen molar-refractivity contribution in [2.75, 3.05) is 19.6 Å². The first kappa shape index (κ1) is 18.5. The van der Waals surface area contributed by atoms with Gasteiger partial charge in [0.2, 0.25) is 5.91 Å². The number of benzene rings is 2. The Morgan fingerprint density at radius 3 is 2.68 bits per heavy atom. The SMILES string of the molecule is C[C@H]1CCCN(C(=O)CN2C(=O)N[C@@](C)(c3ccc4ccccc4c3)C2=O)C1.